The van der Waals surface area contributed by atoms with Crippen LogP contribution in [0.3, 0.4) is 0 Å². The van der Waals surface area contributed by atoms with Crippen LogP contribution in [0.4, 0.5) is 4.79 Å². The average Bonchev–Trinajstić information content (AvgIpc) is 3.33. The minimum absolute atomic E-state index is 0.155. The van der Waals surface area contributed by atoms with Crippen LogP contribution in [0.1, 0.15) is 36.0 Å². The predicted octanol–water partition coefficient (Wildman–Crippen LogP) is 5.05. The van der Waals surface area contributed by atoms with E-state index in [9.17, 15) is 14.4 Å². The molecule has 3 aromatic rings. The number of aromatic nitrogens is 1. The monoisotopic (exact) mass is 473 g/mol. The molecule has 2 aromatic carbocycles. The highest BCUT2D eigenvalue weighted by molar-refractivity contribution is 8.18. The summed E-state index contributed by atoms with van der Waals surface area (Å²) in [6.45, 7) is 3.99. The van der Waals surface area contributed by atoms with Crippen molar-refractivity contribution in [1.29, 1.82) is 0 Å². The quantitative estimate of drug-likeness (QED) is 0.487. The molecule has 2 saturated heterocycles. The molecule has 174 valence electrons. The molecule has 2 aliphatic rings. The first-order valence-electron chi connectivity index (χ1n) is 11.7. The Kier molecular flexibility index (Phi) is 6.28. The van der Waals surface area contributed by atoms with Crippen molar-refractivity contribution in [1.82, 2.24) is 14.4 Å². The molecule has 3 amide bonds. The summed E-state index contributed by atoms with van der Waals surface area (Å²) in [6, 6.07) is 16.5. The second kappa shape index (κ2) is 9.50. The molecule has 0 N–H and O–H groups in total. The summed E-state index contributed by atoms with van der Waals surface area (Å²) in [5.74, 6) is -0.548. The first-order valence-corrected chi connectivity index (χ1v) is 12.5. The van der Waals surface area contributed by atoms with Gasteiger partial charge in [0.05, 0.1) is 4.91 Å². The van der Waals surface area contributed by atoms with Gasteiger partial charge in [-0.1, -0.05) is 48.0 Å². The summed E-state index contributed by atoms with van der Waals surface area (Å²) in [5.41, 5.74) is 4.36. The molecular weight excluding hydrogens is 446 g/mol. The SMILES string of the molecule is Cc1ccc(Cn2cc(/C=C3\SC(=O)N(CC(=O)N4CCCCC4)C3=O)c3ccccc32)cc1. The van der Waals surface area contributed by atoms with E-state index >= 15 is 0 Å². The van der Waals surface area contributed by atoms with Crippen molar-refractivity contribution in [2.75, 3.05) is 19.6 Å². The van der Waals surface area contributed by atoms with E-state index in [0.29, 0.717) is 24.5 Å². The van der Waals surface area contributed by atoms with E-state index in [1.165, 1.54) is 11.1 Å². The van der Waals surface area contributed by atoms with Gasteiger partial charge < -0.3 is 9.47 Å². The van der Waals surface area contributed by atoms with Gasteiger partial charge in [0.15, 0.2) is 0 Å². The minimum atomic E-state index is -0.393. The number of carbonyl (C=O) groups excluding carboxylic acids is 3. The Labute approximate surface area is 203 Å². The molecule has 0 spiro atoms. The molecule has 5 rings (SSSR count). The number of hydrogen-bond acceptors (Lipinski definition) is 4. The highest BCUT2D eigenvalue weighted by atomic mass is 32.2. The van der Waals surface area contributed by atoms with Crippen molar-refractivity contribution in [2.24, 2.45) is 0 Å². The molecule has 6 nitrogen and oxygen atoms in total. The minimum Gasteiger partial charge on any atom is -0.342 e. The standard InChI is InChI=1S/C27H27N3O3S/c1-19-9-11-20(12-10-19)16-29-17-21(22-7-3-4-8-23(22)29)15-24-26(32)30(27(33)34-24)18-25(31)28-13-5-2-6-14-28/h3-4,7-12,15,17H,2,5-6,13-14,16,18H2,1H3/b24-15-. The second-order valence-electron chi connectivity index (χ2n) is 8.92. The van der Waals surface area contributed by atoms with Crippen LogP contribution in [-0.2, 0) is 16.1 Å². The number of benzene rings is 2. The molecule has 0 radical (unpaired) electrons. The lowest BCUT2D eigenvalue weighted by Gasteiger charge is -2.27. The van der Waals surface area contributed by atoms with E-state index in [-0.39, 0.29) is 17.7 Å². The van der Waals surface area contributed by atoms with Gasteiger partial charge in [-0.15, -0.1) is 0 Å². The number of imide groups is 1. The highest BCUT2D eigenvalue weighted by Crippen LogP contribution is 2.34. The largest absolute Gasteiger partial charge is 0.342 e. The first-order chi connectivity index (χ1) is 16.5. The van der Waals surface area contributed by atoms with Crippen LogP contribution in [0.15, 0.2) is 59.6 Å². The summed E-state index contributed by atoms with van der Waals surface area (Å²) in [4.78, 5) is 41.5. The number of likely N-dealkylation sites (tertiary alicyclic amines) is 1. The van der Waals surface area contributed by atoms with Crippen molar-refractivity contribution in [3.05, 3.63) is 76.3 Å². The number of amides is 3. The molecule has 1 aromatic heterocycles. The smallest absolute Gasteiger partial charge is 0.294 e. The third-order valence-electron chi connectivity index (χ3n) is 6.46. The third-order valence-corrected chi connectivity index (χ3v) is 7.36. The molecule has 0 saturated carbocycles. The molecule has 2 fully saturated rings. The van der Waals surface area contributed by atoms with Crippen LogP contribution in [0, 0.1) is 6.92 Å². The average molecular weight is 474 g/mol. The lowest BCUT2D eigenvalue weighted by molar-refractivity contribution is -0.136. The molecule has 2 aliphatic heterocycles. The Bertz CT molecular complexity index is 1290. The Balaban J connectivity index is 1.39. The van der Waals surface area contributed by atoms with Crippen LogP contribution in [0.2, 0.25) is 0 Å². The fraction of sp³-hybridized carbons (Fsp3) is 0.296. The van der Waals surface area contributed by atoms with Gasteiger partial charge in [-0.25, -0.2) is 0 Å². The summed E-state index contributed by atoms with van der Waals surface area (Å²) in [6.07, 6.45) is 6.87. The van der Waals surface area contributed by atoms with Crippen LogP contribution < -0.4 is 0 Å². The van der Waals surface area contributed by atoms with Crippen LogP contribution in [0.25, 0.3) is 17.0 Å². The first kappa shape index (κ1) is 22.5. The van der Waals surface area contributed by atoms with Crippen molar-refractivity contribution in [3.8, 4) is 0 Å². The lowest BCUT2D eigenvalue weighted by atomic mass is 10.1. The Morgan fingerprint density at radius 3 is 2.50 bits per heavy atom. The van der Waals surface area contributed by atoms with Gasteiger partial charge in [-0.3, -0.25) is 19.3 Å². The van der Waals surface area contributed by atoms with Gasteiger partial charge in [-0.05, 0) is 55.7 Å². The van der Waals surface area contributed by atoms with Gasteiger partial charge >= 0.3 is 0 Å². The number of aryl methyl sites for hydroxylation is 1. The molecule has 0 bridgehead atoms. The van der Waals surface area contributed by atoms with E-state index in [2.05, 4.69) is 41.8 Å². The Morgan fingerprint density at radius 1 is 1.00 bits per heavy atom. The van der Waals surface area contributed by atoms with Crippen molar-refractivity contribution < 1.29 is 14.4 Å². The maximum Gasteiger partial charge on any atom is 0.294 e. The topological polar surface area (TPSA) is 62.6 Å². The summed E-state index contributed by atoms with van der Waals surface area (Å²) in [5, 5.41) is 0.635. The number of fused-ring (bicyclic) bond motifs is 1. The van der Waals surface area contributed by atoms with E-state index in [4.69, 9.17) is 0 Å². The third kappa shape index (κ3) is 4.53. The maximum absolute atomic E-state index is 13.0. The Hall–Kier alpha value is -3.32. The van der Waals surface area contributed by atoms with E-state index < -0.39 is 5.91 Å². The molecule has 3 heterocycles. The molecular formula is C27H27N3O3S. The fourth-order valence-electron chi connectivity index (χ4n) is 4.57. The van der Waals surface area contributed by atoms with Gasteiger partial charge in [0.2, 0.25) is 5.91 Å². The number of rotatable bonds is 5. The van der Waals surface area contributed by atoms with Crippen molar-refractivity contribution in [2.45, 2.75) is 32.7 Å². The molecule has 7 heteroatoms. The van der Waals surface area contributed by atoms with E-state index in [0.717, 1.165) is 52.4 Å². The summed E-state index contributed by atoms with van der Waals surface area (Å²) in [7, 11) is 0. The van der Waals surface area contributed by atoms with Crippen LogP contribution in [0.5, 0.6) is 0 Å². The number of hydrogen-bond donors (Lipinski definition) is 0. The summed E-state index contributed by atoms with van der Waals surface area (Å²) >= 11 is 0.907. The highest BCUT2D eigenvalue weighted by Gasteiger charge is 2.37. The van der Waals surface area contributed by atoms with Gasteiger partial charge in [0.25, 0.3) is 11.1 Å². The number of para-hydroxylation sites is 1. The zero-order valence-corrected chi connectivity index (χ0v) is 20.0. The van der Waals surface area contributed by atoms with E-state index in [1.807, 2.05) is 24.4 Å². The number of thioether (sulfide) groups is 1. The van der Waals surface area contributed by atoms with Gasteiger partial charge in [0.1, 0.15) is 6.54 Å². The molecule has 0 atom stereocenters. The van der Waals surface area contributed by atoms with Gasteiger partial charge in [0, 0.05) is 42.3 Å². The van der Waals surface area contributed by atoms with Crippen LogP contribution >= 0.6 is 11.8 Å². The summed E-state index contributed by atoms with van der Waals surface area (Å²) < 4.78 is 2.16. The zero-order valence-electron chi connectivity index (χ0n) is 19.2. The fourth-order valence-corrected chi connectivity index (χ4v) is 5.40. The molecule has 0 aliphatic carbocycles. The maximum atomic E-state index is 13.0. The molecule has 34 heavy (non-hydrogen) atoms. The normalized spacial score (nSPS) is 17.9. The van der Waals surface area contributed by atoms with Crippen LogP contribution in [-0.4, -0.2) is 51.1 Å². The Morgan fingerprint density at radius 2 is 1.74 bits per heavy atom. The van der Waals surface area contributed by atoms with E-state index in [1.54, 1.807) is 11.0 Å². The number of carbonyl (C=O) groups is 3. The number of nitrogens with zero attached hydrogens (tertiary/aromatic N) is 3. The number of piperidine rings is 1. The lowest BCUT2D eigenvalue weighted by Crippen LogP contribution is -2.44. The van der Waals surface area contributed by atoms with Crippen molar-refractivity contribution in [3.63, 3.8) is 0 Å². The van der Waals surface area contributed by atoms with Crippen molar-refractivity contribution >= 4 is 45.8 Å². The van der Waals surface area contributed by atoms with Gasteiger partial charge in [-0.2, -0.15) is 0 Å². The predicted molar refractivity (Wildman–Crippen MR) is 135 cm³/mol. The second-order valence-corrected chi connectivity index (χ2v) is 9.92. The zero-order chi connectivity index (χ0) is 23.7. The molecule has 0 unspecified atom stereocenters.